The number of nitrogens with zero attached hydrogens (tertiary/aromatic N) is 2. The van der Waals surface area contributed by atoms with E-state index in [-0.39, 0.29) is 17.6 Å². The lowest BCUT2D eigenvalue weighted by atomic mass is 10.1. The number of rotatable bonds is 12. The van der Waals surface area contributed by atoms with Gasteiger partial charge in [-0.2, -0.15) is 0 Å². The smallest absolute Gasteiger partial charge is 0.227 e. The molecule has 0 aliphatic heterocycles. The third-order valence-electron chi connectivity index (χ3n) is 6.62. The Labute approximate surface area is 211 Å². The summed E-state index contributed by atoms with van der Waals surface area (Å²) >= 11 is 0. The minimum absolute atomic E-state index is 0.0124. The molecule has 192 valence electrons. The second-order valence-corrected chi connectivity index (χ2v) is 9.11. The molecule has 1 aliphatic rings. The van der Waals surface area contributed by atoms with Gasteiger partial charge in [0.2, 0.25) is 5.91 Å². The highest BCUT2D eigenvalue weighted by Gasteiger charge is 2.39. The number of pyridine rings is 1. The number of amides is 1. The number of methoxy groups -OCH3 is 1. The number of nitrogens with one attached hydrogen (secondary N) is 1. The van der Waals surface area contributed by atoms with Crippen LogP contribution in [0.5, 0.6) is 23.0 Å². The van der Waals surface area contributed by atoms with Crippen LogP contribution >= 0.6 is 0 Å². The van der Waals surface area contributed by atoms with Gasteiger partial charge in [-0.05, 0) is 56.1 Å². The van der Waals surface area contributed by atoms with Gasteiger partial charge >= 0.3 is 0 Å². The molecule has 36 heavy (non-hydrogen) atoms. The quantitative estimate of drug-likeness (QED) is 0.316. The molecule has 1 unspecified atom stereocenters. The lowest BCUT2D eigenvalue weighted by molar-refractivity contribution is -0.117. The van der Waals surface area contributed by atoms with Crippen molar-refractivity contribution in [3.63, 3.8) is 0 Å². The Bertz CT molecular complexity index is 1210. The predicted molar refractivity (Wildman–Crippen MR) is 139 cm³/mol. The van der Waals surface area contributed by atoms with Crippen molar-refractivity contribution >= 4 is 22.5 Å². The van der Waals surface area contributed by atoms with Gasteiger partial charge in [0.05, 0.1) is 19.2 Å². The number of ether oxygens (including phenoxy) is 3. The van der Waals surface area contributed by atoms with E-state index in [1.54, 1.807) is 31.5 Å². The van der Waals surface area contributed by atoms with Crippen LogP contribution in [0.1, 0.15) is 33.6 Å². The molecule has 7 nitrogen and oxygen atoms in total. The Hall–Kier alpha value is -3.39. The number of benzene rings is 2. The van der Waals surface area contributed by atoms with Crippen LogP contribution in [0.4, 0.5) is 10.1 Å². The summed E-state index contributed by atoms with van der Waals surface area (Å²) in [6.07, 6.45) is 3.38. The van der Waals surface area contributed by atoms with Crippen molar-refractivity contribution in [2.24, 2.45) is 11.8 Å². The summed E-state index contributed by atoms with van der Waals surface area (Å²) in [6, 6.07) is 9.70. The first-order valence-electron chi connectivity index (χ1n) is 12.5. The highest BCUT2D eigenvalue weighted by molar-refractivity contribution is 5.94. The molecule has 3 aromatic rings. The number of carbonyl (C=O) groups excluding carboxylic acids is 1. The third-order valence-corrected chi connectivity index (χ3v) is 6.62. The summed E-state index contributed by atoms with van der Waals surface area (Å²) in [7, 11) is 1.58. The SMILES string of the molecule is CCN(CC)CCCOc1cc2nccc(Oc3ccc(NC(=O)C4C[C@H]4C)cc3F)c2cc1OC. The van der Waals surface area contributed by atoms with Crippen LogP contribution in [0.3, 0.4) is 0 Å². The normalized spacial score (nSPS) is 16.7. The minimum Gasteiger partial charge on any atom is -0.493 e. The van der Waals surface area contributed by atoms with Gasteiger partial charge in [0.1, 0.15) is 5.75 Å². The molecule has 0 spiro atoms. The zero-order valence-corrected chi connectivity index (χ0v) is 21.3. The molecule has 1 N–H and O–H groups in total. The third kappa shape index (κ3) is 6.05. The molecule has 1 saturated carbocycles. The van der Waals surface area contributed by atoms with E-state index in [0.29, 0.717) is 46.4 Å². The molecule has 1 heterocycles. The number of anilines is 1. The maximum Gasteiger partial charge on any atom is 0.227 e. The molecule has 2 atom stereocenters. The van der Waals surface area contributed by atoms with Gasteiger partial charge in [-0.25, -0.2) is 4.39 Å². The molecule has 4 rings (SSSR count). The van der Waals surface area contributed by atoms with Crippen LogP contribution < -0.4 is 19.5 Å². The number of carbonyl (C=O) groups is 1. The summed E-state index contributed by atoms with van der Waals surface area (Å²) in [6.45, 7) is 9.87. The van der Waals surface area contributed by atoms with Gasteiger partial charge in [-0.1, -0.05) is 20.8 Å². The molecule has 8 heteroatoms. The number of halogens is 1. The first-order chi connectivity index (χ1) is 17.4. The Morgan fingerprint density at radius 1 is 1.11 bits per heavy atom. The Morgan fingerprint density at radius 3 is 2.56 bits per heavy atom. The number of hydrogen-bond acceptors (Lipinski definition) is 6. The molecule has 1 amide bonds. The van der Waals surface area contributed by atoms with E-state index in [1.165, 1.54) is 12.1 Å². The lowest BCUT2D eigenvalue weighted by Crippen LogP contribution is -2.25. The van der Waals surface area contributed by atoms with E-state index in [1.807, 2.05) is 13.0 Å². The summed E-state index contributed by atoms with van der Waals surface area (Å²) < 4.78 is 32.3. The van der Waals surface area contributed by atoms with Crippen LogP contribution in [0, 0.1) is 17.7 Å². The van der Waals surface area contributed by atoms with Crippen molar-refractivity contribution < 1.29 is 23.4 Å². The van der Waals surface area contributed by atoms with Crippen molar-refractivity contribution in [2.45, 2.75) is 33.6 Å². The first kappa shape index (κ1) is 25.7. The fourth-order valence-corrected chi connectivity index (χ4v) is 4.20. The average molecular weight is 496 g/mol. The molecule has 0 radical (unpaired) electrons. The van der Waals surface area contributed by atoms with Crippen molar-refractivity contribution in [1.82, 2.24) is 9.88 Å². The van der Waals surface area contributed by atoms with E-state index in [2.05, 4.69) is 29.0 Å². The van der Waals surface area contributed by atoms with E-state index in [4.69, 9.17) is 14.2 Å². The molecular weight excluding hydrogens is 461 g/mol. The van der Waals surface area contributed by atoms with Crippen molar-refractivity contribution in [1.29, 1.82) is 0 Å². The van der Waals surface area contributed by atoms with Gasteiger partial charge in [-0.3, -0.25) is 9.78 Å². The second-order valence-electron chi connectivity index (χ2n) is 9.11. The number of fused-ring (bicyclic) bond motifs is 1. The molecule has 0 saturated heterocycles. The number of aromatic nitrogens is 1. The average Bonchev–Trinajstić information content (AvgIpc) is 3.62. The predicted octanol–water partition coefficient (Wildman–Crippen LogP) is 5.88. The second kappa shape index (κ2) is 11.6. The number of hydrogen-bond donors (Lipinski definition) is 1. The fourth-order valence-electron chi connectivity index (χ4n) is 4.20. The van der Waals surface area contributed by atoms with Gasteiger partial charge in [0.25, 0.3) is 0 Å². The Balaban J connectivity index is 1.48. The van der Waals surface area contributed by atoms with Crippen LogP contribution in [0.15, 0.2) is 42.6 Å². The van der Waals surface area contributed by atoms with Crippen LogP contribution in [0.25, 0.3) is 10.9 Å². The summed E-state index contributed by atoms with van der Waals surface area (Å²) in [5.41, 5.74) is 1.06. The van der Waals surface area contributed by atoms with Crippen molar-refractivity contribution in [3.05, 3.63) is 48.4 Å². The van der Waals surface area contributed by atoms with Crippen LogP contribution in [0.2, 0.25) is 0 Å². The lowest BCUT2D eigenvalue weighted by Gasteiger charge is -2.18. The van der Waals surface area contributed by atoms with Crippen LogP contribution in [-0.2, 0) is 4.79 Å². The first-order valence-corrected chi connectivity index (χ1v) is 12.5. The molecule has 1 aliphatic carbocycles. The molecule has 1 fully saturated rings. The Kier molecular flexibility index (Phi) is 8.25. The zero-order valence-electron chi connectivity index (χ0n) is 21.3. The summed E-state index contributed by atoms with van der Waals surface area (Å²) in [4.78, 5) is 18.9. The monoisotopic (exact) mass is 495 g/mol. The highest BCUT2D eigenvalue weighted by atomic mass is 19.1. The van der Waals surface area contributed by atoms with Gasteiger partial charge in [-0.15, -0.1) is 0 Å². The molecular formula is C28H34FN3O4. The van der Waals surface area contributed by atoms with Crippen molar-refractivity contribution in [3.8, 4) is 23.0 Å². The van der Waals surface area contributed by atoms with E-state index in [0.717, 1.165) is 32.5 Å². The Morgan fingerprint density at radius 2 is 1.89 bits per heavy atom. The van der Waals surface area contributed by atoms with Gasteiger partial charge in [0, 0.05) is 41.9 Å². The minimum atomic E-state index is -0.568. The topological polar surface area (TPSA) is 72.9 Å². The van der Waals surface area contributed by atoms with Crippen molar-refractivity contribution in [2.75, 3.05) is 38.7 Å². The molecule has 0 bridgehead atoms. The van der Waals surface area contributed by atoms with E-state index in [9.17, 15) is 9.18 Å². The molecule has 2 aromatic carbocycles. The highest BCUT2D eigenvalue weighted by Crippen LogP contribution is 2.39. The van der Waals surface area contributed by atoms with E-state index < -0.39 is 5.82 Å². The maximum absolute atomic E-state index is 14.8. The molecule has 1 aromatic heterocycles. The standard InChI is InChI=1S/C28H34FN3O4/c1-5-32(6-2)12-7-13-35-27-17-23-21(16-26(27)34-4)24(10-11-30-23)36-25-9-8-19(15-22(25)29)31-28(33)20-14-18(20)3/h8-11,15-18,20H,5-7,12-14H2,1-4H3,(H,31,33)/t18-,20?/m1/s1. The summed E-state index contributed by atoms with van der Waals surface area (Å²) in [5.74, 6) is 1.40. The maximum atomic E-state index is 14.8. The van der Waals surface area contributed by atoms with Gasteiger partial charge in [0.15, 0.2) is 23.1 Å². The summed E-state index contributed by atoms with van der Waals surface area (Å²) in [5, 5.41) is 3.44. The van der Waals surface area contributed by atoms with Gasteiger partial charge < -0.3 is 24.4 Å². The van der Waals surface area contributed by atoms with Crippen LogP contribution in [-0.4, -0.2) is 49.1 Å². The van der Waals surface area contributed by atoms with E-state index >= 15 is 0 Å². The largest absolute Gasteiger partial charge is 0.493 e. The zero-order chi connectivity index (χ0) is 25.7. The fraction of sp³-hybridized carbons (Fsp3) is 0.429.